The monoisotopic (exact) mass is 422 g/mol. The summed E-state index contributed by atoms with van der Waals surface area (Å²) in [4.78, 5) is 29.1. The van der Waals surface area contributed by atoms with Crippen LogP contribution in [0.2, 0.25) is 0 Å². The SMILES string of the molecule is CCc1c(C)nc(SC)n(CC(=O)N/N=C/c2ccc(Br)cc2)c1=O. The number of carbonyl (C=O) groups is 1. The van der Waals surface area contributed by atoms with E-state index in [1.165, 1.54) is 16.3 Å². The third-order valence-electron chi connectivity index (χ3n) is 3.55. The van der Waals surface area contributed by atoms with Gasteiger partial charge in [-0.15, -0.1) is 0 Å². The van der Waals surface area contributed by atoms with E-state index in [1.54, 1.807) is 6.21 Å². The molecule has 0 saturated heterocycles. The van der Waals surface area contributed by atoms with E-state index < -0.39 is 0 Å². The van der Waals surface area contributed by atoms with Crippen molar-refractivity contribution in [1.29, 1.82) is 0 Å². The highest BCUT2D eigenvalue weighted by Gasteiger charge is 2.14. The van der Waals surface area contributed by atoms with Crippen LogP contribution < -0.4 is 11.0 Å². The Balaban J connectivity index is 2.12. The maximum absolute atomic E-state index is 12.5. The van der Waals surface area contributed by atoms with Gasteiger partial charge in [-0.1, -0.05) is 46.7 Å². The number of benzene rings is 1. The molecule has 1 heterocycles. The molecule has 0 unspecified atom stereocenters. The minimum absolute atomic E-state index is 0.118. The number of hydrogen-bond acceptors (Lipinski definition) is 5. The lowest BCUT2D eigenvalue weighted by Gasteiger charge is -2.12. The van der Waals surface area contributed by atoms with E-state index in [9.17, 15) is 9.59 Å². The van der Waals surface area contributed by atoms with Gasteiger partial charge in [0.25, 0.3) is 11.5 Å². The van der Waals surface area contributed by atoms with Crippen molar-refractivity contribution in [3.8, 4) is 0 Å². The number of nitrogens with one attached hydrogen (secondary N) is 1. The van der Waals surface area contributed by atoms with Gasteiger partial charge in [-0.25, -0.2) is 10.4 Å². The normalized spacial score (nSPS) is 11.0. The minimum atomic E-state index is -0.376. The van der Waals surface area contributed by atoms with Crippen LogP contribution in [0.25, 0.3) is 0 Å². The van der Waals surface area contributed by atoms with E-state index in [-0.39, 0.29) is 18.0 Å². The molecule has 0 fully saturated rings. The molecule has 0 atom stereocenters. The molecular formula is C17H19BrN4O2S. The van der Waals surface area contributed by atoms with Gasteiger partial charge in [-0.2, -0.15) is 5.10 Å². The Labute approximate surface area is 158 Å². The molecule has 0 aliphatic carbocycles. The summed E-state index contributed by atoms with van der Waals surface area (Å²) < 4.78 is 2.36. The van der Waals surface area contributed by atoms with Crippen molar-refractivity contribution in [1.82, 2.24) is 15.0 Å². The summed E-state index contributed by atoms with van der Waals surface area (Å²) in [7, 11) is 0. The van der Waals surface area contributed by atoms with E-state index in [1.807, 2.05) is 44.4 Å². The van der Waals surface area contributed by atoms with Crippen LogP contribution >= 0.6 is 27.7 Å². The second-order valence-corrected chi connectivity index (χ2v) is 6.94. The molecule has 2 aromatic rings. The number of nitrogens with zero attached hydrogens (tertiary/aromatic N) is 3. The van der Waals surface area contributed by atoms with Gasteiger partial charge in [0.05, 0.1) is 6.21 Å². The number of rotatable bonds is 6. The Morgan fingerprint density at radius 2 is 2.08 bits per heavy atom. The zero-order valence-electron chi connectivity index (χ0n) is 14.2. The van der Waals surface area contributed by atoms with Crippen LogP contribution in [0.3, 0.4) is 0 Å². The van der Waals surface area contributed by atoms with E-state index >= 15 is 0 Å². The maximum Gasteiger partial charge on any atom is 0.260 e. The standard InChI is InChI=1S/C17H19BrN4O2S/c1-4-14-11(2)20-17(25-3)22(16(14)24)10-15(23)21-19-9-12-5-7-13(18)8-6-12/h5-9H,4,10H2,1-3H3,(H,21,23)/b19-9+. The fourth-order valence-electron chi connectivity index (χ4n) is 2.28. The summed E-state index contributed by atoms with van der Waals surface area (Å²) >= 11 is 4.69. The molecule has 25 heavy (non-hydrogen) atoms. The zero-order chi connectivity index (χ0) is 18.4. The van der Waals surface area contributed by atoms with Gasteiger partial charge in [-0.05, 0) is 37.3 Å². The lowest BCUT2D eigenvalue weighted by molar-refractivity contribution is -0.121. The predicted octanol–water partition coefficient (Wildman–Crippen LogP) is 2.75. The molecule has 0 spiro atoms. The average Bonchev–Trinajstić information content (AvgIpc) is 2.59. The molecule has 2 rings (SSSR count). The highest BCUT2D eigenvalue weighted by Crippen LogP contribution is 2.12. The van der Waals surface area contributed by atoms with Crippen molar-refractivity contribution in [2.75, 3.05) is 6.26 Å². The number of carbonyl (C=O) groups excluding carboxylic acids is 1. The minimum Gasteiger partial charge on any atom is -0.278 e. The smallest absolute Gasteiger partial charge is 0.260 e. The number of halogens is 1. The van der Waals surface area contributed by atoms with E-state index in [0.717, 1.165) is 10.0 Å². The number of thioether (sulfide) groups is 1. The molecule has 0 radical (unpaired) electrons. The van der Waals surface area contributed by atoms with Gasteiger partial charge in [0.15, 0.2) is 5.16 Å². The molecular weight excluding hydrogens is 404 g/mol. The highest BCUT2D eigenvalue weighted by atomic mass is 79.9. The number of aryl methyl sites for hydroxylation is 1. The van der Waals surface area contributed by atoms with Crippen molar-refractivity contribution in [2.45, 2.75) is 32.0 Å². The van der Waals surface area contributed by atoms with Gasteiger partial charge in [0.2, 0.25) is 0 Å². The van der Waals surface area contributed by atoms with Gasteiger partial charge in [0.1, 0.15) is 6.54 Å². The fourth-order valence-corrected chi connectivity index (χ4v) is 3.15. The Bertz CT molecular complexity index is 847. The average molecular weight is 423 g/mol. The summed E-state index contributed by atoms with van der Waals surface area (Å²) in [5.41, 5.74) is 4.47. The second kappa shape index (κ2) is 8.96. The molecule has 0 bridgehead atoms. The first-order valence-electron chi connectivity index (χ1n) is 7.68. The topological polar surface area (TPSA) is 76.3 Å². The molecule has 0 aliphatic rings. The number of hydrazone groups is 1. The first-order chi connectivity index (χ1) is 12.0. The van der Waals surface area contributed by atoms with Crippen molar-refractivity contribution in [3.63, 3.8) is 0 Å². The molecule has 0 aliphatic heterocycles. The van der Waals surface area contributed by atoms with Gasteiger partial charge in [0, 0.05) is 15.7 Å². The molecule has 6 nitrogen and oxygen atoms in total. The quantitative estimate of drug-likeness (QED) is 0.336. The summed E-state index contributed by atoms with van der Waals surface area (Å²) in [6, 6.07) is 7.51. The van der Waals surface area contributed by atoms with Crippen LogP contribution in [-0.4, -0.2) is 27.9 Å². The maximum atomic E-state index is 12.5. The summed E-state index contributed by atoms with van der Waals surface area (Å²) in [6.45, 7) is 3.59. The van der Waals surface area contributed by atoms with Crippen LogP contribution in [0.5, 0.6) is 0 Å². The number of amides is 1. The van der Waals surface area contributed by atoms with E-state index in [4.69, 9.17) is 0 Å². The van der Waals surface area contributed by atoms with Crippen molar-refractivity contribution >= 4 is 39.8 Å². The van der Waals surface area contributed by atoms with E-state index in [0.29, 0.717) is 22.8 Å². The number of aromatic nitrogens is 2. The van der Waals surface area contributed by atoms with E-state index in [2.05, 4.69) is 31.4 Å². The lowest BCUT2D eigenvalue weighted by Crippen LogP contribution is -2.33. The number of hydrogen-bond donors (Lipinski definition) is 1. The van der Waals surface area contributed by atoms with Crippen molar-refractivity contribution < 1.29 is 4.79 Å². The molecule has 1 amide bonds. The van der Waals surface area contributed by atoms with Gasteiger partial charge < -0.3 is 0 Å². The molecule has 1 aromatic heterocycles. The zero-order valence-corrected chi connectivity index (χ0v) is 16.6. The lowest BCUT2D eigenvalue weighted by atomic mass is 10.2. The Morgan fingerprint density at radius 1 is 1.40 bits per heavy atom. The van der Waals surface area contributed by atoms with Crippen LogP contribution in [0.15, 0.2) is 43.8 Å². The Morgan fingerprint density at radius 3 is 2.68 bits per heavy atom. The van der Waals surface area contributed by atoms with Crippen molar-refractivity contribution in [2.24, 2.45) is 5.10 Å². The third kappa shape index (κ3) is 5.02. The highest BCUT2D eigenvalue weighted by molar-refractivity contribution is 9.10. The van der Waals surface area contributed by atoms with Crippen LogP contribution in [-0.2, 0) is 17.8 Å². The summed E-state index contributed by atoms with van der Waals surface area (Å²) in [5.74, 6) is -0.376. The largest absolute Gasteiger partial charge is 0.278 e. The summed E-state index contributed by atoms with van der Waals surface area (Å²) in [6.07, 6.45) is 3.95. The van der Waals surface area contributed by atoms with Crippen LogP contribution in [0, 0.1) is 6.92 Å². The fraction of sp³-hybridized carbons (Fsp3) is 0.294. The molecule has 1 aromatic carbocycles. The molecule has 8 heteroatoms. The first kappa shape index (κ1) is 19.4. The Kier molecular flexibility index (Phi) is 6.95. The molecule has 132 valence electrons. The van der Waals surface area contributed by atoms with Crippen LogP contribution in [0.4, 0.5) is 0 Å². The Hall–Kier alpha value is -1.93. The van der Waals surface area contributed by atoms with Crippen LogP contribution in [0.1, 0.15) is 23.7 Å². The molecule has 0 saturated carbocycles. The third-order valence-corrected chi connectivity index (χ3v) is 4.75. The predicted molar refractivity (Wildman–Crippen MR) is 104 cm³/mol. The summed E-state index contributed by atoms with van der Waals surface area (Å²) in [5, 5.41) is 4.45. The molecule has 1 N–H and O–H groups in total. The van der Waals surface area contributed by atoms with Gasteiger partial charge >= 0.3 is 0 Å². The van der Waals surface area contributed by atoms with Gasteiger partial charge in [-0.3, -0.25) is 14.2 Å². The first-order valence-corrected chi connectivity index (χ1v) is 9.69. The van der Waals surface area contributed by atoms with Crippen molar-refractivity contribution in [3.05, 3.63) is 55.9 Å². The second-order valence-electron chi connectivity index (χ2n) is 5.25.